The second-order valence-electron chi connectivity index (χ2n) is 8.85. The van der Waals surface area contributed by atoms with E-state index in [1.807, 2.05) is 20.0 Å². The van der Waals surface area contributed by atoms with Gasteiger partial charge in [0, 0.05) is 42.3 Å². The number of hydrogen-bond acceptors (Lipinski definition) is 4. The Hall–Kier alpha value is -2.41. The van der Waals surface area contributed by atoms with Crippen LogP contribution < -0.4 is 15.6 Å². The number of aryl methyl sites for hydroxylation is 1. The molecule has 1 aliphatic heterocycles. The summed E-state index contributed by atoms with van der Waals surface area (Å²) in [6.45, 7) is 3.87. The lowest BCUT2D eigenvalue weighted by Gasteiger charge is -2.26. The zero-order valence-corrected chi connectivity index (χ0v) is 16.7. The number of benzene rings is 1. The van der Waals surface area contributed by atoms with Gasteiger partial charge in [-0.25, -0.2) is 9.18 Å². The fourth-order valence-electron chi connectivity index (χ4n) is 5.24. The predicted octanol–water partition coefficient (Wildman–Crippen LogP) is 2.87. The van der Waals surface area contributed by atoms with Crippen molar-refractivity contribution in [2.75, 3.05) is 25.0 Å². The Morgan fingerprint density at radius 3 is 2.66 bits per heavy atom. The lowest BCUT2D eigenvalue weighted by atomic mass is 9.96. The molecular weight excluding hydrogens is 373 g/mol. The molecule has 0 amide bonds. The van der Waals surface area contributed by atoms with E-state index in [-0.39, 0.29) is 11.1 Å². The third-order valence-electron chi connectivity index (χ3n) is 7.28. The Labute approximate surface area is 168 Å². The highest BCUT2D eigenvalue weighted by molar-refractivity contribution is 5.95. The highest BCUT2D eigenvalue weighted by Gasteiger charge is 2.50. The molecule has 29 heavy (non-hydrogen) atoms. The molecule has 154 valence electrons. The molecular formula is C22H26FN3O3. The molecule has 5 rings (SSSR count). The Morgan fingerprint density at radius 1 is 1.34 bits per heavy atom. The van der Waals surface area contributed by atoms with Crippen LogP contribution in [0.2, 0.25) is 0 Å². The first-order chi connectivity index (χ1) is 13.9. The molecule has 6 nitrogen and oxygen atoms in total. The van der Waals surface area contributed by atoms with Crippen LogP contribution in [-0.4, -0.2) is 47.5 Å². The van der Waals surface area contributed by atoms with Crippen molar-refractivity contribution in [2.45, 2.75) is 50.4 Å². The molecule has 7 heteroatoms. The lowest BCUT2D eigenvalue weighted by Crippen LogP contribution is -2.37. The van der Waals surface area contributed by atoms with E-state index in [4.69, 9.17) is 0 Å². The lowest BCUT2D eigenvalue weighted by molar-refractivity contribution is 0.0694. The summed E-state index contributed by atoms with van der Waals surface area (Å²) in [6.07, 6.45) is 4.26. The van der Waals surface area contributed by atoms with E-state index in [9.17, 15) is 19.1 Å². The number of carboxylic acid groups (broad SMARTS) is 1. The molecule has 2 N–H and O–H groups in total. The third kappa shape index (κ3) is 2.78. The Bertz CT molecular complexity index is 1080. The minimum absolute atomic E-state index is 0.271. The van der Waals surface area contributed by atoms with Gasteiger partial charge in [-0.05, 0) is 56.8 Å². The van der Waals surface area contributed by atoms with Crippen LogP contribution in [-0.2, 0) is 0 Å². The summed E-state index contributed by atoms with van der Waals surface area (Å²) in [5.41, 5.74) is 2.12. The van der Waals surface area contributed by atoms with Crippen molar-refractivity contribution < 1.29 is 14.3 Å². The molecule has 2 saturated carbocycles. The van der Waals surface area contributed by atoms with E-state index in [1.165, 1.54) is 19.0 Å². The molecule has 3 atom stereocenters. The third-order valence-corrected chi connectivity index (χ3v) is 7.28. The van der Waals surface area contributed by atoms with Gasteiger partial charge in [0.2, 0.25) is 5.43 Å². The first-order valence-electron chi connectivity index (χ1n) is 10.4. The van der Waals surface area contributed by atoms with Gasteiger partial charge in [-0.2, -0.15) is 0 Å². The monoisotopic (exact) mass is 399 g/mol. The number of aromatic carboxylic acids is 1. The van der Waals surface area contributed by atoms with Gasteiger partial charge < -0.3 is 19.9 Å². The number of hydrogen-bond donors (Lipinski definition) is 2. The number of alkyl halides is 1. The van der Waals surface area contributed by atoms with Crippen LogP contribution in [0.25, 0.3) is 10.9 Å². The number of fused-ring (bicyclic) bond motifs is 1. The van der Waals surface area contributed by atoms with Crippen LogP contribution in [0, 0.1) is 12.8 Å². The van der Waals surface area contributed by atoms with Crippen LogP contribution in [0.3, 0.4) is 0 Å². The number of carbonyl (C=O) groups is 1. The highest BCUT2D eigenvalue weighted by atomic mass is 19.1. The van der Waals surface area contributed by atoms with Gasteiger partial charge in [0.1, 0.15) is 11.7 Å². The SMILES string of the molecule is CNC1([C@@H]2CCN(c3ccc4c(=O)c(C(=O)O)cn(C5C[C@@H]5F)c4c3C)C2)CC1. The van der Waals surface area contributed by atoms with Crippen molar-refractivity contribution in [1.29, 1.82) is 0 Å². The van der Waals surface area contributed by atoms with Gasteiger partial charge in [0.25, 0.3) is 0 Å². The summed E-state index contributed by atoms with van der Waals surface area (Å²) in [6, 6.07) is 3.25. The Balaban J connectivity index is 1.60. The minimum Gasteiger partial charge on any atom is -0.477 e. The van der Waals surface area contributed by atoms with Gasteiger partial charge in [-0.1, -0.05) is 0 Å². The Kier molecular flexibility index (Phi) is 4.04. The average Bonchev–Trinajstić information content (AvgIpc) is 3.59. The van der Waals surface area contributed by atoms with E-state index < -0.39 is 23.6 Å². The molecule has 3 aliphatic rings. The van der Waals surface area contributed by atoms with Crippen molar-refractivity contribution in [3.05, 3.63) is 39.7 Å². The summed E-state index contributed by atoms with van der Waals surface area (Å²) < 4.78 is 15.6. The zero-order chi connectivity index (χ0) is 20.5. The van der Waals surface area contributed by atoms with Gasteiger partial charge in [-0.15, -0.1) is 0 Å². The molecule has 1 unspecified atom stereocenters. The number of pyridine rings is 1. The molecule has 2 aliphatic carbocycles. The van der Waals surface area contributed by atoms with Crippen molar-refractivity contribution in [2.24, 2.45) is 5.92 Å². The highest BCUT2D eigenvalue weighted by Crippen LogP contribution is 2.47. The molecule has 0 spiro atoms. The minimum atomic E-state index is -1.27. The summed E-state index contributed by atoms with van der Waals surface area (Å²) >= 11 is 0. The molecule has 1 saturated heterocycles. The number of nitrogens with one attached hydrogen (secondary N) is 1. The first-order valence-corrected chi connectivity index (χ1v) is 10.4. The summed E-state index contributed by atoms with van der Waals surface area (Å²) in [5.74, 6) is -0.676. The molecule has 3 fully saturated rings. The fourth-order valence-corrected chi connectivity index (χ4v) is 5.24. The normalized spacial score (nSPS) is 27.4. The maximum Gasteiger partial charge on any atom is 0.341 e. The maximum absolute atomic E-state index is 13.9. The number of carboxylic acids is 1. The molecule has 1 aromatic heterocycles. The van der Waals surface area contributed by atoms with Crippen molar-refractivity contribution in [1.82, 2.24) is 9.88 Å². The van der Waals surface area contributed by atoms with E-state index >= 15 is 0 Å². The summed E-state index contributed by atoms with van der Waals surface area (Å²) in [7, 11) is 2.04. The molecule has 2 aromatic rings. The van der Waals surface area contributed by atoms with Gasteiger partial charge in [0.15, 0.2) is 0 Å². The van der Waals surface area contributed by atoms with E-state index in [1.54, 1.807) is 10.6 Å². The van der Waals surface area contributed by atoms with Crippen LogP contribution in [0.1, 0.15) is 47.6 Å². The largest absolute Gasteiger partial charge is 0.477 e. The molecule has 2 heterocycles. The Morgan fingerprint density at radius 2 is 2.07 bits per heavy atom. The number of rotatable bonds is 5. The summed E-state index contributed by atoms with van der Waals surface area (Å²) in [5, 5.41) is 13.3. The summed E-state index contributed by atoms with van der Waals surface area (Å²) in [4.78, 5) is 26.7. The van der Waals surface area contributed by atoms with E-state index in [2.05, 4.69) is 10.2 Å². The predicted molar refractivity (Wildman–Crippen MR) is 110 cm³/mol. The number of aromatic nitrogens is 1. The van der Waals surface area contributed by atoms with Crippen molar-refractivity contribution in [3.8, 4) is 0 Å². The van der Waals surface area contributed by atoms with Crippen LogP contribution in [0.4, 0.5) is 10.1 Å². The smallest absolute Gasteiger partial charge is 0.341 e. The van der Waals surface area contributed by atoms with Crippen LogP contribution in [0.5, 0.6) is 0 Å². The second kappa shape index (κ2) is 6.29. The number of halogens is 1. The van der Waals surface area contributed by atoms with Gasteiger partial charge in [-0.3, -0.25) is 4.79 Å². The van der Waals surface area contributed by atoms with Crippen LogP contribution in [0.15, 0.2) is 23.1 Å². The second-order valence-corrected chi connectivity index (χ2v) is 8.85. The molecule has 0 radical (unpaired) electrons. The topological polar surface area (TPSA) is 74.6 Å². The number of nitrogens with zero attached hydrogens (tertiary/aromatic N) is 2. The fraction of sp³-hybridized carbons (Fsp3) is 0.545. The quantitative estimate of drug-likeness (QED) is 0.809. The average molecular weight is 399 g/mol. The van der Waals surface area contributed by atoms with Crippen LogP contribution >= 0.6 is 0 Å². The van der Waals surface area contributed by atoms with Gasteiger partial charge in [0.05, 0.1) is 11.6 Å². The van der Waals surface area contributed by atoms with E-state index in [0.29, 0.717) is 23.2 Å². The molecule has 0 bridgehead atoms. The van der Waals surface area contributed by atoms with Crippen molar-refractivity contribution in [3.63, 3.8) is 0 Å². The maximum atomic E-state index is 13.9. The van der Waals surface area contributed by atoms with Crippen molar-refractivity contribution >= 4 is 22.6 Å². The molecule has 1 aromatic carbocycles. The number of anilines is 1. The first kappa shape index (κ1) is 18.6. The zero-order valence-electron chi connectivity index (χ0n) is 16.7. The van der Waals surface area contributed by atoms with E-state index in [0.717, 1.165) is 30.8 Å². The standard InChI is InChI=1S/C22H26FN3O3/c1-12-17(25-8-5-13(10-25)22(24-2)6-7-22)4-3-14-19(12)26(18-9-16(18)23)11-15(20(14)27)21(28)29/h3-4,11,13,16,18,24H,5-10H2,1-2H3,(H,28,29)/t13-,16+,18?/m1/s1. The van der Waals surface area contributed by atoms with Gasteiger partial charge >= 0.3 is 5.97 Å².